The largest absolute Gasteiger partial charge is 4.00 e. The summed E-state index contributed by atoms with van der Waals surface area (Å²) < 4.78 is 24.5. The van der Waals surface area contributed by atoms with E-state index in [-0.39, 0.29) is 53.5 Å². The van der Waals surface area contributed by atoms with Crippen LogP contribution in [-0.2, 0) is 4.79 Å². The van der Waals surface area contributed by atoms with E-state index in [9.17, 15) is 28.9 Å². The molecule has 10 heteroatoms. The first-order valence-corrected chi connectivity index (χ1v) is 10.1. The van der Waals surface area contributed by atoms with Crippen molar-refractivity contribution < 1.29 is 34.0 Å². The number of aliphatic hydroxyl groups excluding tert-OH is 1. The van der Waals surface area contributed by atoms with Crippen molar-refractivity contribution >= 4 is 41.5 Å². The van der Waals surface area contributed by atoms with Crippen LogP contribution in [-0.4, -0.2) is 58.3 Å². The Balaban J connectivity index is 0. The van der Waals surface area contributed by atoms with Crippen LogP contribution >= 0.6 is 0 Å². The van der Waals surface area contributed by atoms with E-state index in [1.54, 1.807) is 49.4 Å². The fourth-order valence-corrected chi connectivity index (χ4v) is 1.87. The number of phenols is 1. The normalized spacial score (nSPS) is 10.1. The summed E-state index contributed by atoms with van der Waals surface area (Å²) in [6.45, 7) is 9.97. The third-order valence-electron chi connectivity index (χ3n) is 3.64. The van der Waals surface area contributed by atoms with E-state index in [4.69, 9.17) is 5.11 Å². The number of carboxylic acids is 1. The number of para-hydroxylation sites is 1. The molecule has 0 spiro atoms. The number of aromatic hydroxyl groups is 1. The van der Waals surface area contributed by atoms with Crippen molar-refractivity contribution in [2.75, 3.05) is 6.61 Å². The number of halogens is 2. The first-order chi connectivity index (χ1) is 16.5. The first kappa shape index (κ1) is 34.6. The second-order valence-corrected chi connectivity index (χ2v) is 6.39. The van der Waals surface area contributed by atoms with Crippen molar-refractivity contribution in [3.8, 4) is 5.75 Å². The number of rotatable bonds is 3. The molecular weight excluding hydrogens is 577 g/mol. The molecule has 188 valence electrons. The van der Waals surface area contributed by atoms with Gasteiger partial charge >= 0.3 is 23.9 Å². The van der Waals surface area contributed by atoms with Crippen molar-refractivity contribution in [3.05, 3.63) is 115 Å². The van der Waals surface area contributed by atoms with Crippen molar-refractivity contribution in [3.63, 3.8) is 0 Å². The van der Waals surface area contributed by atoms with Crippen LogP contribution in [0.4, 0.5) is 8.78 Å². The minimum Gasteiger partial charge on any atom is -0.857 e. The third-order valence-corrected chi connectivity index (χ3v) is 3.64. The molecule has 0 aliphatic rings. The van der Waals surface area contributed by atoms with E-state index in [2.05, 4.69) is 24.1 Å². The minimum atomic E-state index is -1.51. The first-order valence-electron chi connectivity index (χ1n) is 10.1. The van der Waals surface area contributed by atoms with Gasteiger partial charge in [-0.05, 0) is 19.9 Å². The molecule has 0 saturated carbocycles. The van der Waals surface area contributed by atoms with Crippen LogP contribution in [0.25, 0.3) is 0 Å². The van der Waals surface area contributed by atoms with E-state index in [1.165, 1.54) is 30.3 Å². The van der Waals surface area contributed by atoms with Gasteiger partial charge in [-0.1, -0.05) is 42.5 Å². The quantitative estimate of drug-likeness (QED) is 0.156. The number of benzene rings is 3. The van der Waals surface area contributed by atoms with Crippen LogP contribution in [0.1, 0.15) is 30.5 Å². The Morgan fingerprint density at radius 3 is 1.58 bits per heavy atom. The van der Waals surface area contributed by atoms with Gasteiger partial charge in [-0.25, -0.2) is 0 Å². The number of carbonyl (C=O) groups excluding carboxylic acids is 1. The predicted molar refractivity (Wildman–Crippen MR) is 133 cm³/mol. The van der Waals surface area contributed by atoms with Crippen LogP contribution in [0.3, 0.4) is 0 Å². The summed E-state index contributed by atoms with van der Waals surface area (Å²) in [6, 6.07) is 18.6. The van der Waals surface area contributed by atoms with Gasteiger partial charge in [-0.15, -0.1) is 12.1 Å². The van der Waals surface area contributed by atoms with Gasteiger partial charge in [0.15, 0.2) is 0 Å². The average molecular weight is 603 g/mol. The van der Waals surface area contributed by atoms with Crippen LogP contribution in [0.5, 0.6) is 5.75 Å². The van der Waals surface area contributed by atoms with Gasteiger partial charge in [-0.3, -0.25) is 8.78 Å². The molecule has 0 aliphatic carbocycles. The molecule has 3 aromatic carbocycles. The SMILES string of the molecule is C/C(=N\N=C(/[O-])c1ccccc1O)C(=O)[O-].CCO.[CH2-]c1ccccc1F.[CH2-]c1ccccc1F.[Sn+4]. The van der Waals surface area contributed by atoms with Crippen molar-refractivity contribution in [2.45, 2.75) is 13.8 Å². The monoisotopic (exact) mass is 604 g/mol. The second kappa shape index (κ2) is 19.7. The Kier molecular flexibility index (Phi) is 18.9. The fraction of sp³-hybridized carbons (Fsp3) is 0.115. The van der Waals surface area contributed by atoms with Crippen molar-refractivity contribution in [1.82, 2.24) is 0 Å². The van der Waals surface area contributed by atoms with Gasteiger partial charge in [0.25, 0.3) is 0 Å². The summed E-state index contributed by atoms with van der Waals surface area (Å²) >= 11 is 0. The fourth-order valence-electron chi connectivity index (χ4n) is 1.87. The molecule has 0 aliphatic heterocycles. The molecule has 7 nitrogen and oxygen atoms in total. The molecule has 0 aromatic heterocycles. The standard InChI is InChI=1S/C10H10N2O4.2C7H6F.C2H6O.Sn/c1-6(10(15)16)11-12-9(14)7-4-2-3-5-8(7)13;2*1-6-4-2-3-5-7(6)8;1-2-3;/h2-5,13H,1H3,(H,12,14)(H,15,16);2*2-5H,1H2;3H,2H2,1H3;/q;2*-1;;+4/p-2/b11-6+;;;;. The van der Waals surface area contributed by atoms with Gasteiger partial charge in [-0.2, -0.15) is 47.3 Å². The summed E-state index contributed by atoms with van der Waals surface area (Å²) in [5, 5.41) is 44.8. The van der Waals surface area contributed by atoms with Crippen molar-refractivity contribution in [1.29, 1.82) is 0 Å². The van der Waals surface area contributed by atoms with Gasteiger partial charge in [0.1, 0.15) is 5.75 Å². The molecule has 0 fully saturated rings. The summed E-state index contributed by atoms with van der Waals surface area (Å²) in [5.41, 5.74) is 0.446. The van der Waals surface area contributed by atoms with E-state index in [0.29, 0.717) is 11.1 Å². The van der Waals surface area contributed by atoms with E-state index < -0.39 is 17.6 Å². The Morgan fingerprint density at radius 2 is 1.25 bits per heavy atom. The zero-order valence-corrected chi connectivity index (χ0v) is 22.7. The zero-order chi connectivity index (χ0) is 26.8. The average Bonchev–Trinajstić information content (AvgIpc) is 2.83. The Morgan fingerprint density at radius 1 is 0.861 bits per heavy atom. The molecule has 0 atom stereocenters. The molecule has 0 bridgehead atoms. The topological polar surface area (TPSA) is 128 Å². The van der Waals surface area contributed by atoms with E-state index in [0.717, 1.165) is 6.92 Å². The van der Waals surface area contributed by atoms with Crippen LogP contribution in [0, 0.1) is 25.5 Å². The predicted octanol–water partition coefficient (Wildman–Crippen LogP) is 2.26. The summed E-state index contributed by atoms with van der Waals surface area (Å²) in [7, 11) is 0. The number of carboxylic acid groups (broad SMARTS) is 1. The van der Waals surface area contributed by atoms with E-state index in [1.807, 2.05) is 0 Å². The Bertz CT molecular complexity index is 1040. The van der Waals surface area contributed by atoms with Crippen LogP contribution in [0.15, 0.2) is 83.0 Å². The van der Waals surface area contributed by atoms with Gasteiger partial charge in [0.2, 0.25) is 0 Å². The van der Waals surface area contributed by atoms with Gasteiger partial charge in [0.05, 0.1) is 11.7 Å². The molecule has 2 N–H and O–H groups in total. The van der Waals surface area contributed by atoms with Gasteiger partial charge < -0.3 is 25.2 Å². The van der Waals surface area contributed by atoms with Crippen LogP contribution < -0.4 is 10.2 Å². The molecule has 0 unspecified atom stereocenters. The number of carbonyl (C=O) groups is 1. The molecule has 0 radical (unpaired) electrons. The molecule has 0 amide bonds. The summed E-state index contributed by atoms with van der Waals surface area (Å²) in [5.74, 6) is -3.05. The molecule has 3 rings (SSSR count). The van der Waals surface area contributed by atoms with Crippen LogP contribution in [0.2, 0.25) is 0 Å². The number of aliphatic hydroxyl groups is 1. The number of aliphatic carboxylic acids is 1. The number of hydrogen-bond donors (Lipinski definition) is 2. The summed E-state index contributed by atoms with van der Waals surface area (Å²) in [6.07, 6.45) is 0. The Labute approximate surface area is 226 Å². The summed E-state index contributed by atoms with van der Waals surface area (Å²) in [4.78, 5) is 10.3. The van der Waals surface area contributed by atoms with Crippen molar-refractivity contribution in [2.24, 2.45) is 10.2 Å². The minimum absolute atomic E-state index is 0. The maximum absolute atomic E-state index is 12.3. The Hall–Kier alpha value is -3.57. The second-order valence-electron chi connectivity index (χ2n) is 6.39. The molecule has 36 heavy (non-hydrogen) atoms. The van der Waals surface area contributed by atoms with Gasteiger partial charge in [0, 0.05) is 29.7 Å². The molecule has 0 heterocycles. The zero-order valence-electron chi connectivity index (χ0n) is 19.8. The molecular formula is C26H26F2N2O5Sn. The maximum atomic E-state index is 12.3. The number of hydrogen-bond acceptors (Lipinski definition) is 7. The smallest absolute Gasteiger partial charge is 0.857 e. The maximum Gasteiger partial charge on any atom is 4.00 e. The number of nitrogens with zero attached hydrogens (tertiary/aromatic N) is 2. The van der Waals surface area contributed by atoms with E-state index >= 15 is 0 Å². The molecule has 3 aromatic rings. The number of phenolic OH excluding ortho intramolecular Hbond substituents is 1. The molecule has 0 saturated heterocycles. The third kappa shape index (κ3) is 14.6.